The lowest BCUT2D eigenvalue weighted by Crippen LogP contribution is -2.44. The van der Waals surface area contributed by atoms with Gasteiger partial charge in [-0.05, 0) is 62.5 Å². The fourth-order valence-electron chi connectivity index (χ4n) is 4.76. The van der Waals surface area contributed by atoms with E-state index >= 15 is 0 Å². The fraction of sp³-hybridized carbons (Fsp3) is 0.667. The molecule has 0 saturated heterocycles. The van der Waals surface area contributed by atoms with Gasteiger partial charge in [0.1, 0.15) is 15.9 Å². The molecule has 7 nitrogen and oxygen atoms in total. The summed E-state index contributed by atoms with van der Waals surface area (Å²) >= 11 is 1.01. The van der Waals surface area contributed by atoms with Crippen LogP contribution in [0.4, 0.5) is 0 Å². The first-order valence-electron chi connectivity index (χ1n) is 11.0. The van der Waals surface area contributed by atoms with Gasteiger partial charge in [-0.3, -0.25) is 4.79 Å². The molecule has 2 aliphatic carbocycles. The summed E-state index contributed by atoms with van der Waals surface area (Å²) in [6, 6.07) is 5.34. The number of rotatable bonds is 6. The molecule has 0 aliphatic heterocycles. The Morgan fingerprint density at radius 2 is 1.87 bits per heavy atom. The van der Waals surface area contributed by atoms with Gasteiger partial charge in [0.25, 0.3) is 0 Å². The Hall–Kier alpha value is -1.58. The third-order valence-corrected chi connectivity index (χ3v) is 8.75. The Morgan fingerprint density at radius 1 is 1.10 bits per heavy atom. The molecule has 1 aromatic heterocycles. The maximum absolute atomic E-state index is 12.8. The van der Waals surface area contributed by atoms with Crippen LogP contribution in [-0.4, -0.2) is 35.7 Å². The average Bonchev–Trinajstić information content (AvgIpc) is 3.23. The highest BCUT2D eigenvalue weighted by Gasteiger charge is 2.30. The first-order chi connectivity index (χ1) is 14.4. The molecular weight excluding hydrogens is 420 g/mol. The first kappa shape index (κ1) is 21.6. The summed E-state index contributed by atoms with van der Waals surface area (Å²) < 4.78 is 36.5. The maximum atomic E-state index is 12.8. The Morgan fingerprint density at radius 3 is 2.63 bits per heavy atom. The predicted molar refractivity (Wildman–Crippen MR) is 118 cm³/mol. The van der Waals surface area contributed by atoms with Gasteiger partial charge >= 0.3 is 0 Å². The molecule has 2 atom stereocenters. The van der Waals surface area contributed by atoms with Crippen LogP contribution in [0.1, 0.15) is 58.3 Å². The quantitative estimate of drug-likeness (QED) is 0.702. The predicted octanol–water partition coefficient (Wildman–Crippen LogP) is 3.47. The van der Waals surface area contributed by atoms with Crippen LogP contribution in [-0.2, 0) is 14.8 Å². The van der Waals surface area contributed by atoms with E-state index < -0.39 is 10.0 Å². The van der Waals surface area contributed by atoms with E-state index in [1.807, 2.05) is 0 Å². The summed E-state index contributed by atoms with van der Waals surface area (Å²) in [7, 11) is -3.64. The highest BCUT2D eigenvalue weighted by molar-refractivity contribution is 7.89. The van der Waals surface area contributed by atoms with Gasteiger partial charge in [0, 0.05) is 18.5 Å². The number of nitrogens with one attached hydrogen (secondary N) is 2. The Balaban J connectivity index is 1.27. The van der Waals surface area contributed by atoms with Crippen LogP contribution in [0.15, 0.2) is 23.1 Å². The second-order valence-electron chi connectivity index (χ2n) is 8.83. The smallest absolute Gasteiger partial charge is 0.242 e. The Bertz CT molecular complexity index is 983. The molecule has 2 aromatic rings. The van der Waals surface area contributed by atoms with E-state index in [-0.39, 0.29) is 22.6 Å². The van der Waals surface area contributed by atoms with E-state index in [9.17, 15) is 13.2 Å². The lowest BCUT2D eigenvalue weighted by Gasteiger charge is -2.33. The zero-order valence-electron chi connectivity index (χ0n) is 17.3. The van der Waals surface area contributed by atoms with E-state index in [2.05, 4.69) is 25.7 Å². The third-order valence-electron chi connectivity index (χ3n) is 6.76. The molecule has 1 amide bonds. The van der Waals surface area contributed by atoms with Crippen LogP contribution in [0.2, 0.25) is 0 Å². The number of hydrogen-bond acceptors (Lipinski definition) is 6. The molecule has 0 bridgehead atoms. The van der Waals surface area contributed by atoms with Crippen LogP contribution >= 0.6 is 11.7 Å². The van der Waals surface area contributed by atoms with Gasteiger partial charge in [-0.1, -0.05) is 25.8 Å². The number of fused-ring (bicyclic) bond motifs is 1. The van der Waals surface area contributed by atoms with Gasteiger partial charge in [-0.2, -0.15) is 8.75 Å². The Kier molecular flexibility index (Phi) is 6.69. The number of amides is 1. The van der Waals surface area contributed by atoms with Crippen LogP contribution in [0, 0.1) is 17.8 Å². The molecule has 30 heavy (non-hydrogen) atoms. The number of nitrogens with zero attached hydrogens (tertiary/aromatic N) is 2. The zero-order valence-corrected chi connectivity index (χ0v) is 19.0. The summed E-state index contributed by atoms with van der Waals surface area (Å²) in [6.45, 7) is 2.62. The van der Waals surface area contributed by atoms with Crippen LogP contribution < -0.4 is 10.0 Å². The van der Waals surface area contributed by atoms with Crippen molar-refractivity contribution in [3.05, 3.63) is 18.2 Å². The van der Waals surface area contributed by atoms with Crippen molar-refractivity contribution in [2.24, 2.45) is 17.8 Å². The molecule has 2 saturated carbocycles. The topological polar surface area (TPSA) is 101 Å². The molecule has 2 aliphatic rings. The zero-order chi connectivity index (χ0) is 21.1. The van der Waals surface area contributed by atoms with E-state index in [1.54, 1.807) is 18.2 Å². The fourth-order valence-corrected chi connectivity index (χ4v) is 6.64. The maximum Gasteiger partial charge on any atom is 0.242 e. The van der Waals surface area contributed by atoms with E-state index in [0.29, 0.717) is 29.5 Å². The third kappa shape index (κ3) is 4.84. The number of benzene rings is 1. The van der Waals surface area contributed by atoms with Crippen LogP contribution in [0.5, 0.6) is 0 Å². The van der Waals surface area contributed by atoms with Gasteiger partial charge in [-0.15, -0.1) is 0 Å². The summed E-state index contributed by atoms with van der Waals surface area (Å²) in [4.78, 5) is 12.9. The standard InChI is InChI=1S/C21H30N4O3S2/c1-14-5-2-3-6-17(14)23-21(26)16-11-9-15(10-12-16)13-22-30(27,28)19-8-4-7-18-20(19)25-29-24-18/h4,7-8,14-17,22H,2-3,5-6,9-13H2,1H3,(H,23,26)/t14-,15?,16?,17-/m1/s1. The number of carbonyl (C=O) groups excluding carboxylic acids is 1. The molecule has 1 heterocycles. The molecule has 0 unspecified atom stereocenters. The summed E-state index contributed by atoms with van der Waals surface area (Å²) in [5.41, 5.74) is 1.02. The highest BCUT2D eigenvalue weighted by atomic mass is 32.2. The molecule has 4 rings (SSSR count). The van der Waals surface area contributed by atoms with Crippen LogP contribution in [0.25, 0.3) is 11.0 Å². The van der Waals surface area contributed by atoms with Crippen molar-refractivity contribution in [3.8, 4) is 0 Å². The van der Waals surface area contributed by atoms with Crippen LogP contribution in [0.3, 0.4) is 0 Å². The van der Waals surface area contributed by atoms with Crippen molar-refractivity contribution >= 4 is 38.7 Å². The molecule has 2 fully saturated rings. The first-order valence-corrected chi connectivity index (χ1v) is 13.2. The highest BCUT2D eigenvalue weighted by Crippen LogP contribution is 2.30. The minimum Gasteiger partial charge on any atom is -0.353 e. The molecule has 9 heteroatoms. The van der Waals surface area contributed by atoms with Gasteiger partial charge < -0.3 is 5.32 Å². The molecule has 2 N–H and O–H groups in total. The number of hydrogen-bond donors (Lipinski definition) is 2. The molecule has 164 valence electrons. The van der Waals surface area contributed by atoms with E-state index in [0.717, 1.165) is 43.8 Å². The lowest BCUT2D eigenvalue weighted by atomic mass is 9.80. The van der Waals surface area contributed by atoms with Gasteiger partial charge in [0.05, 0.1) is 11.7 Å². The van der Waals surface area contributed by atoms with Crippen molar-refractivity contribution in [2.45, 2.75) is 69.2 Å². The van der Waals surface area contributed by atoms with E-state index in [1.165, 1.54) is 19.3 Å². The monoisotopic (exact) mass is 450 g/mol. The summed E-state index contributed by atoms with van der Waals surface area (Å²) in [5.74, 6) is 1.06. The second kappa shape index (κ2) is 9.28. The summed E-state index contributed by atoms with van der Waals surface area (Å²) in [6.07, 6.45) is 8.13. The Labute approximate surface area is 182 Å². The molecular formula is C21H30N4O3S2. The lowest BCUT2D eigenvalue weighted by molar-refractivity contribution is -0.127. The number of aromatic nitrogens is 2. The minimum atomic E-state index is -3.64. The van der Waals surface area contributed by atoms with Gasteiger partial charge in [-0.25, -0.2) is 13.1 Å². The molecule has 0 spiro atoms. The molecule has 0 radical (unpaired) electrons. The van der Waals surface area contributed by atoms with Crippen molar-refractivity contribution in [1.29, 1.82) is 0 Å². The summed E-state index contributed by atoms with van der Waals surface area (Å²) in [5, 5.41) is 3.28. The minimum absolute atomic E-state index is 0.0572. The van der Waals surface area contributed by atoms with Crippen molar-refractivity contribution in [2.75, 3.05) is 6.54 Å². The largest absolute Gasteiger partial charge is 0.353 e. The SMILES string of the molecule is C[C@@H]1CCCC[C@H]1NC(=O)C1CCC(CNS(=O)(=O)c2cccc3nsnc23)CC1. The van der Waals surface area contributed by atoms with Gasteiger partial charge in [0.15, 0.2) is 0 Å². The van der Waals surface area contributed by atoms with Crippen molar-refractivity contribution < 1.29 is 13.2 Å². The molecule has 1 aromatic carbocycles. The van der Waals surface area contributed by atoms with Crippen molar-refractivity contribution in [3.63, 3.8) is 0 Å². The van der Waals surface area contributed by atoms with Gasteiger partial charge in [0.2, 0.25) is 15.9 Å². The number of carbonyl (C=O) groups is 1. The normalized spacial score (nSPS) is 27.8. The second-order valence-corrected chi connectivity index (χ2v) is 11.1. The van der Waals surface area contributed by atoms with Crippen molar-refractivity contribution in [1.82, 2.24) is 18.8 Å². The van der Waals surface area contributed by atoms with E-state index in [4.69, 9.17) is 0 Å². The average molecular weight is 451 g/mol. The number of sulfonamides is 1.